The van der Waals surface area contributed by atoms with E-state index in [4.69, 9.17) is 4.74 Å². The van der Waals surface area contributed by atoms with Gasteiger partial charge in [0.1, 0.15) is 5.69 Å². The number of pyridine rings is 1. The second-order valence-corrected chi connectivity index (χ2v) is 6.51. The molecule has 1 atom stereocenters. The van der Waals surface area contributed by atoms with E-state index in [1.807, 2.05) is 24.0 Å². The van der Waals surface area contributed by atoms with Crippen LogP contribution in [0.3, 0.4) is 0 Å². The quantitative estimate of drug-likeness (QED) is 0.838. The maximum atomic E-state index is 12.4. The number of amides is 1. The van der Waals surface area contributed by atoms with Gasteiger partial charge in [0.05, 0.1) is 12.1 Å². The minimum atomic E-state index is 0.0456. The van der Waals surface area contributed by atoms with Crippen molar-refractivity contribution in [3.63, 3.8) is 0 Å². The van der Waals surface area contributed by atoms with Gasteiger partial charge in [-0.2, -0.15) is 0 Å². The first-order valence-electron chi connectivity index (χ1n) is 7.46. The number of carbonyl (C=O) groups excluding carboxylic acids is 1. The van der Waals surface area contributed by atoms with E-state index in [2.05, 4.69) is 16.9 Å². The fraction of sp³-hybridized carbons (Fsp3) is 0.625. The Kier molecular flexibility index (Phi) is 3.71. The summed E-state index contributed by atoms with van der Waals surface area (Å²) in [5.41, 5.74) is 1.78. The first kappa shape index (κ1) is 14.5. The molecule has 1 spiro atoms. The first-order valence-corrected chi connectivity index (χ1v) is 7.46. The largest absolute Gasteiger partial charge is 0.384 e. The van der Waals surface area contributed by atoms with Gasteiger partial charge in [0.25, 0.3) is 5.91 Å². The number of hydrogen-bond donors (Lipinski definition) is 0. The minimum absolute atomic E-state index is 0.0456. The molecule has 21 heavy (non-hydrogen) atoms. The van der Waals surface area contributed by atoms with Crippen LogP contribution in [0.5, 0.6) is 0 Å². The van der Waals surface area contributed by atoms with Crippen molar-refractivity contribution in [2.75, 3.05) is 40.4 Å². The van der Waals surface area contributed by atoms with Gasteiger partial charge >= 0.3 is 0 Å². The monoisotopic (exact) mass is 289 g/mol. The van der Waals surface area contributed by atoms with Gasteiger partial charge in [0.2, 0.25) is 0 Å². The lowest BCUT2D eigenvalue weighted by atomic mass is 9.84. The van der Waals surface area contributed by atoms with E-state index >= 15 is 0 Å². The molecule has 0 bridgehead atoms. The van der Waals surface area contributed by atoms with Crippen LogP contribution in [-0.4, -0.2) is 66.6 Å². The second kappa shape index (κ2) is 5.39. The molecule has 2 aliphatic rings. The summed E-state index contributed by atoms with van der Waals surface area (Å²) in [6, 6.07) is 3.75. The molecule has 0 saturated carbocycles. The van der Waals surface area contributed by atoms with Crippen molar-refractivity contribution in [3.8, 4) is 0 Å². The smallest absolute Gasteiger partial charge is 0.272 e. The number of aryl methyl sites for hydroxylation is 1. The molecule has 0 unspecified atom stereocenters. The number of aromatic nitrogens is 1. The molecule has 0 aliphatic carbocycles. The highest BCUT2D eigenvalue weighted by atomic mass is 16.5. The zero-order valence-electron chi connectivity index (χ0n) is 13.0. The van der Waals surface area contributed by atoms with Crippen LogP contribution in [-0.2, 0) is 4.74 Å². The van der Waals surface area contributed by atoms with E-state index in [1.54, 1.807) is 13.3 Å². The van der Waals surface area contributed by atoms with Gasteiger partial charge in [-0.15, -0.1) is 0 Å². The Morgan fingerprint density at radius 1 is 1.48 bits per heavy atom. The Morgan fingerprint density at radius 2 is 2.24 bits per heavy atom. The van der Waals surface area contributed by atoms with E-state index in [0.717, 1.165) is 38.2 Å². The Labute approximate surface area is 125 Å². The van der Waals surface area contributed by atoms with Crippen LogP contribution >= 0.6 is 0 Å². The van der Waals surface area contributed by atoms with Gasteiger partial charge in [-0.1, -0.05) is 6.07 Å². The maximum Gasteiger partial charge on any atom is 0.272 e. The van der Waals surface area contributed by atoms with Gasteiger partial charge in [-0.25, -0.2) is 0 Å². The standard InChI is InChI=1S/C16H23N3O2/c1-12-4-5-14(17-7-12)15(20)19-10-16(11-19)6-13(9-21-3)8-18(16)2/h4-5,7,13H,6,8-11H2,1-3H3/t13-/m0/s1. The molecule has 5 heteroatoms. The molecule has 0 N–H and O–H groups in total. The highest BCUT2D eigenvalue weighted by Crippen LogP contribution is 2.39. The normalized spacial score (nSPS) is 24.3. The molecule has 1 aromatic rings. The summed E-state index contributed by atoms with van der Waals surface area (Å²) in [6.07, 6.45) is 2.86. The van der Waals surface area contributed by atoms with Gasteiger partial charge in [0, 0.05) is 32.9 Å². The summed E-state index contributed by atoms with van der Waals surface area (Å²) in [4.78, 5) is 20.9. The predicted molar refractivity (Wildman–Crippen MR) is 80.2 cm³/mol. The van der Waals surface area contributed by atoms with Crippen molar-refractivity contribution >= 4 is 5.91 Å². The predicted octanol–water partition coefficient (Wildman–Crippen LogP) is 1.18. The molecule has 1 aromatic heterocycles. The summed E-state index contributed by atoms with van der Waals surface area (Å²) in [6.45, 7) is 5.44. The highest BCUT2D eigenvalue weighted by molar-refractivity contribution is 5.93. The van der Waals surface area contributed by atoms with E-state index in [-0.39, 0.29) is 11.4 Å². The van der Waals surface area contributed by atoms with Crippen LogP contribution < -0.4 is 0 Å². The van der Waals surface area contributed by atoms with Crippen LogP contribution in [0.4, 0.5) is 0 Å². The van der Waals surface area contributed by atoms with E-state index < -0.39 is 0 Å². The molecular formula is C16H23N3O2. The Hall–Kier alpha value is -1.46. The van der Waals surface area contributed by atoms with Crippen LogP contribution in [0.25, 0.3) is 0 Å². The Balaban J connectivity index is 1.62. The number of ether oxygens (including phenoxy) is 1. The lowest BCUT2D eigenvalue weighted by Crippen LogP contribution is -2.68. The zero-order valence-corrected chi connectivity index (χ0v) is 13.0. The molecule has 0 radical (unpaired) electrons. The molecule has 0 aromatic carbocycles. The fourth-order valence-corrected chi connectivity index (χ4v) is 3.62. The van der Waals surface area contributed by atoms with Crippen LogP contribution in [0.15, 0.2) is 18.3 Å². The third-order valence-electron chi connectivity index (χ3n) is 4.80. The first-order chi connectivity index (χ1) is 10.0. The average molecular weight is 289 g/mol. The molecular weight excluding hydrogens is 266 g/mol. The number of rotatable bonds is 3. The molecule has 3 heterocycles. The fourth-order valence-electron chi connectivity index (χ4n) is 3.62. The minimum Gasteiger partial charge on any atom is -0.384 e. The van der Waals surface area contributed by atoms with Crippen molar-refractivity contribution in [1.82, 2.24) is 14.8 Å². The summed E-state index contributed by atoms with van der Waals surface area (Å²) in [5, 5.41) is 0. The van der Waals surface area contributed by atoms with Crippen molar-refractivity contribution in [1.29, 1.82) is 0 Å². The third-order valence-corrected chi connectivity index (χ3v) is 4.80. The summed E-state index contributed by atoms with van der Waals surface area (Å²) >= 11 is 0. The van der Waals surface area contributed by atoms with Crippen LogP contribution in [0.1, 0.15) is 22.5 Å². The number of likely N-dealkylation sites (tertiary alicyclic amines) is 2. The number of nitrogens with zero attached hydrogens (tertiary/aromatic N) is 3. The van der Waals surface area contributed by atoms with Gasteiger partial charge in [-0.3, -0.25) is 14.7 Å². The molecule has 114 valence electrons. The SMILES string of the molecule is COC[C@@H]1CN(C)C2(C1)CN(C(=O)c1ccc(C)cn1)C2. The van der Waals surface area contributed by atoms with E-state index in [1.165, 1.54) is 0 Å². The summed E-state index contributed by atoms with van der Waals surface area (Å²) < 4.78 is 5.27. The van der Waals surface area contributed by atoms with Crippen molar-refractivity contribution in [2.24, 2.45) is 5.92 Å². The van der Waals surface area contributed by atoms with E-state index in [0.29, 0.717) is 11.6 Å². The van der Waals surface area contributed by atoms with Gasteiger partial charge in [-0.05, 0) is 37.9 Å². The number of carbonyl (C=O) groups is 1. The van der Waals surface area contributed by atoms with Gasteiger partial charge < -0.3 is 9.64 Å². The summed E-state index contributed by atoms with van der Waals surface area (Å²) in [7, 11) is 3.91. The molecule has 1 amide bonds. The zero-order chi connectivity index (χ0) is 15.0. The van der Waals surface area contributed by atoms with Crippen LogP contribution in [0, 0.1) is 12.8 Å². The molecule has 2 aliphatic heterocycles. The molecule has 2 fully saturated rings. The number of likely N-dealkylation sites (N-methyl/N-ethyl adjacent to an activating group) is 1. The highest BCUT2D eigenvalue weighted by Gasteiger charge is 2.53. The molecule has 3 rings (SSSR count). The molecule has 2 saturated heterocycles. The van der Waals surface area contributed by atoms with Crippen LogP contribution in [0.2, 0.25) is 0 Å². The van der Waals surface area contributed by atoms with Crippen molar-refractivity contribution in [3.05, 3.63) is 29.6 Å². The second-order valence-electron chi connectivity index (χ2n) is 6.51. The average Bonchev–Trinajstić information content (AvgIpc) is 2.74. The Morgan fingerprint density at radius 3 is 2.86 bits per heavy atom. The Bertz CT molecular complexity index is 523. The van der Waals surface area contributed by atoms with Crippen molar-refractivity contribution in [2.45, 2.75) is 18.9 Å². The summed E-state index contributed by atoms with van der Waals surface area (Å²) in [5.74, 6) is 0.624. The topological polar surface area (TPSA) is 45.7 Å². The van der Waals surface area contributed by atoms with Crippen molar-refractivity contribution < 1.29 is 9.53 Å². The lowest BCUT2D eigenvalue weighted by Gasteiger charge is -2.51. The lowest BCUT2D eigenvalue weighted by molar-refractivity contribution is -0.00820. The third kappa shape index (κ3) is 2.56. The van der Waals surface area contributed by atoms with Gasteiger partial charge in [0.15, 0.2) is 0 Å². The van der Waals surface area contributed by atoms with E-state index in [9.17, 15) is 4.79 Å². The maximum absolute atomic E-state index is 12.4. The molecule has 5 nitrogen and oxygen atoms in total. The number of hydrogen-bond acceptors (Lipinski definition) is 4. The number of methoxy groups -OCH3 is 1.